The predicted molar refractivity (Wildman–Crippen MR) is 111 cm³/mol. The van der Waals surface area contributed by atoms with Gasteiger partial charge in [-0.1, -0.05) is 18.2 Å². The van der Waals surface area contributed by atoms with Crippen LogP contribution in [0.3, 0.4) is 0 Å². The van der Waals surface area contributed by atoms with E-state index in [-0.39, 0.29) is 0 Å². The first kappa shape index (κ1) is 22.5. The molecule has 0 atom stereocenters. The smallest absolute Gasteiger partial charge is 0.414 e. The molecule has 0 unspecified atom stereocenters. The molecule has 2 N–H and O–H groups in total. The molecule has 3 rings (SSSR count). The number of aryl methyl sites for hydroxylation is 2. The Hall–Kier alpha value is -3.81. The Kier molecular flexibility index (Phi) is 7.99. The molecule has 0 saturated heterocycles. The molecule has 0 bridgehead atoms. The lowest BCUT2D eigenvalue weighted by Crippen LogP contribution is -2.09. The van der Waals surface area contributed by atoms with Crippen molar-refractivity contribution in [3.05, 3.63) is 59.8 Å². The average molecular weight is 413 g/mol. The Bertz CT molecular complexity index is 1020. The van der Waals surface area contributed by atoms with E-state index < -0.39 is 11.9 Å². The molecular weight excluding hydrogens is 390 g/mol. The van der Waals surface area contributed by atoms with Gasteiger partial charge in [0, 0.05) is 17.1 Å². The van der Waals surface area contributed by atoms with Gasteiger partial charge in [-0.3, -0.25) is 4.98 Å². The molecule has 0 aliphatic rings. The van der Waals surface area contributed by atoms with Crippen LogP contribution in [0.25, 0.3) is 10.9 Å². The monoisotopic (exact) mass is 413 g/mol. The van der Waals surface area contributed by atoms with Crippen LogP contribution in [0.5, 0.6) is 17.2 Å². The van der Waals surface area contributed by atoms with Crippen LogP contribution >= 0.6 is 0 Å². The van der Waals surface area contributed by atoms with Gasteiger partial charge in [0.25, 0.3) is 0 Å². The minimum absolute atomic E-state index is 0.742. The number of rotatable bonds is 6. The van der Waals surface area contributed by atoms with Crippen molar-refractivity contribution in [2.24, 2.45) is 0 Å². The van der Waals surface area contributed by atoms with Crippen LogP contribution in [0.2, 0.25) is 0 Å². The summed E-state index contributed by atoms with van der Waals surface area (Å²) in [5.74, 6) is -1.29. The molecule has 8 nitrogen and oxygen atoms in total. The predicted octanol–water partition coefficient (Wildman–Crippen LogP) is 3.20. The molecule has 1 aromatic heterocycles. The maximum atomic E-state index is 9.10. The summed E-state index contributed by atoms with van der Waals surface area (Å²) in [6.07, 6.45) is 1.70. The number of carboxylic acid groups (broad SMARTS) is 2. The van der Waals surface area contributed by atoms with Gasteiger partial charge in [0.05, 0.1) is 26.8 Å². The number of benzene rings is 2. The lowest BCUT2D eigenvalue weighted by Gasteiger charge is -2.11. The van der Waals surface area contributed by atoms with Crippen molar-refractivity contribution in [2.75, 3.05) is 21.3 Å². The van der Waals surface area contributed by atoms with Gasteiger partial charge in [-0.05, 0) is 42.7 Å². The number of carbonyl (C=O) groups is 2. The van der Waals surface area contributed by atoms with Gasteiger partial charge in [0.2, 0.25) is 0 Å². The van der Waals surface area contributed by atoms with Gasteiger partial charge in [-0.2, -0.15) is 0 Å². The van der Waals surface area contributed by atoms with E-state index in [0.717, 1.165) is 46.7 Å². The first-order chi connectivity index (χ1) is 14.4. The minimum atomic E-state index is -1.82. The summed E-state index contributed by atoms with van der Waals surface area (Å²) in [7, 11) is 4.99. The van der Waals surface area contributed by atoms with E-state index in [1.807, 2.05) is 42.5 Å². The fourth-order valence-electron chi connectivity index (χ4n) is 2.80. The summed E-state index contributed by atoms with van der Waals surface area (Å²) in [5.41, 5.74) is 3.15. The molecular formula is C22H23NO7. The van der Waals surface area contributed by atoms with Crippen molar-refractivity contribution in [3.63, 3.8) is 0 Å². The summed E-state index contributed by atoms with van der Waals surface area (Å²) in [6.45, 7) is 0. The lowest BCUT2D eigenvalue weighted by molar-refractivity contribution is -0.159. The largest absolute Gasteiger partial charge is 0.496 e. The highest BCUT2D eigenvalue weighted by Crippen LogP contribution is 2.29. The first-order valence-electron chi connectivity index (χ1n) is 8.99. The van der Waals surface area contributed by atoms with E-state index in [4.69, 9.17) is 39.0 Å². The number of hydrogen-bond donors (Lipinski definition) is 2. The number of fused-ring (bicyclic) bond motifs is 1. The number of pyridine rings is 1. The third-order valence-electron chi connectivity index (χ3n) is 4.25. The Balaban J connectivity index is 0.000000469. The molecule has 0 amide bonds. The Morgan fingerprint density at radius 1 is 0.800 bits per heavy atom. The van der Waals surface area contributed by atoms with E-state index in [9.17, 15) is 0 Å². The Labute approximate surface area is 173 Å². The molecule has 30 heavy (non-hydrogen) atoms. The van der Waals surface area contributed by atoms with E-state index in [0.29, 0.717) is 0 Å². The summed E-state index contributed by atoms with van der Waals surface area (Å²) >= 11 is 0. The number of carboxylic acids is 2. The van der Waals surface area contributed by atoms with Crippen LogP contribution in [0.4, 0.5) is 0 Å². The molecule has 158 valence electrons. The summed E-state index contributed by atoms with van der Waals surface area (Å²) in [4.78, 5) is 22.9. The molecule has 8 heteroatoms. The van der Waals surface area contributed by atoms with Gasteiger partial charge in [-0.25, -0.2) is 9.59 Å². The van der Waals surface area contributed by atoms with E-state index in [2.05, 4.69) is 6.07 Å². The fraction of sp³-hybridized carbons (Fsp3) is 0.227. The zero-order chi connectivity index (χ0) is 22.1. The lowest BCUT2D eigenvalue weighted by atomic mass is 10.1. The average Bonchev–Trinajstić information content (AvgIpc) is 2.77. The van der Waals surface area contributed by atoms with Crippen molar-refractivity contribution >= 4 is 22.8 Å². The third kappa shape index (κ3) is 5.84. The fourth-order valence-corrected chi connectivity index (χ4v) is 2.80. The highest BCUT2D eigenvalue weighted by atomic mass is 16.5. The van der Waals surface area contributed by atoms with Crippen molar-refractivity contribution in [1.82, 2.24) is 4.98 Å². The number of hydrogen-bond acceptors (Lipinski definition) is 6. The molecule has 0 fully saturated rings. The summed E-state index contributed by atoms with van der Waals surface area (Å²) in [5, 5.41) is 15.8. The zero-order valence-electron chi connectivity index (χ0n) is 16.9. The van der Waals surface area contributed by atoms with Crippen LogP contribution in [0, 0.1) is 0 Å². The van der Waals surface area contributed by atoms with Crippen molar-refractivity contribution in [2.45, 2.75) is 12.8 Å². The molecule has 0 spiro atoms. The van der Waals surface area contributed by atoms with E-state index in [1.54, 1.807) is 21.3 Å². The number of methoxy groups -OCH3 is 3. The first-order valence-corrected chi connectivity index (χ1v) is 8.99. The minimum Gasteiger partial charge on any atom is -0.496 e. The van der Waals surface area contributed by atoms with Crippen LogP contribution in [-0.2, 0) is 22.4 Å². The standard InChI is InChI=1S/C20H21NO3.C2H2O4/c1-22-18-11-9-14(12-20(18)24-3)8-10-15-13-19(23-2)16-6-4-5-7-17(16)21-15;3-1(4)2(5)6/h4-7,9,11-13H,8,10H2,1-3H3;(H,3,4)(H,5,6). The molecule has 2 aromatic carbocycles. The Morgan fingerprint density at radius 2 is 1.43 bits per heavy atom. The molecule has 0 radical (unpaired) electrons. The van der Waals surface area contributed by atoms with E-state index in [1.165, 1.54) is 5.56 Å². The number of para-hydroxylation sites is 1. The normalized spacial score (nSPS) is 9.97. The highest BCUT2D eigenvalue weighted by Gasteiger charge is 2.08. The van der Waals surface area contributed by atoms with Crippen molar-refractivity contribution in [3.8, 4) is 17.2 Å². The topological polar surface area (TPSA) is 115 Å². The zero-order valence-corrected chi connectivity index (χ0v) is 16.9. The van der Waals surface area contributed by atoms with Gasteiger partial charge in [0.1, 0.15) is 5.75 Å². The highest BCUT2D eigenvalue weighted by molar-refractivity contribution is 6.27. The SMILES string of the molecule is COc1ccc(CCc2cc(OC)c3ccccc3n2)cc1OC.O=C(O)C(=O)O. The van der Waals surface area contributed by atoms with Gasteiger partial charge >= 0.3 is 11.9 Å². The molecule has 1 heterocycles. The summed E-state index contributed by atoms with van der Waals surface area (Å²) in [6, 6.07) is 16.0. The second-order valence-electron chi connectivity index (χ2n) is 6.13. The second kappa shape index (κ2) is 10.7. The maximum absolute atomic E-state index is 9.10. The van der Waals surface area contributed by atoms with Crippen LogP contribution in [0.1, 0.15) is 11.3 Å². The summed E-state index contributed by atoms with van der Waals surface area (Å²) < 4.78 is 16.2. The number of aliphatic carboxylic acids is 2. The van der Waals surface area contributed by atoms with Crippen LogP contribution in [0.15, 0.2) is 48.5 Å². The van der Waals surface area contributed by atoms with Crippen LogP contribution in [-0.4, -0.2) is 48.5 Å². The van der Waals surface area contributed by atoms with Gasteiger partial charge in [-0.15, -0.1) is 0 Å². The van der Waals surface area contributed by atoms with Crippen molar-refractivity contribution in [1.29, 1.82) is 0 Å². The molecule has 0 aliphatic carbocycles. The Morgan fingerprint density at radius 3 is 2.03 bits per heavy atom. The number of aromatic nitrogens is 1. The molecule has 0 aliphatic heterocycles. The number of nitrogens with zero attached hydrogens (tertiary/aromatic N) is 1. The maximum Gasteiger partial charge on any atom is 0.414 e. The molecule has 0 saturated carbocycles. The van der Waals surface area contributed by atoms with Crippen molar-refractivity contribution < 1.29 is 34.0 Å². The second-order valence-corrected chi connectivity index (χ2v) is 6.13. The molecule has 3 aromatic rings. The van der Waals surface area contributed by atoms with Crippen LogP contribution < -0.4 is 14.2 Å². The number of ether oxygens (including phenoxy) is 3. The van der Waals surface area contributed by atoms with E-state index >= 15 is 0 Å². The third-order valence-corrected chi connectivity index (χ3v) is 4.25. The van der Waals surface area contributed by atoms with Gasteiger partial charge < -0.3 is 24.4 Å². The van der Waals surface area contributed by atoms with Gasteiger partial charge in [0.15, 0.2) is 11.5 Å². The quantitative estimate of drug-likeness (QED) is 0.592.